The maximum absolute atomic E-state index is 11.9. The number of nitrogens with zero attached hydrogens (tertiary/aromatic N) is 1. The van der Waals surface area contributed by atoms with Crippen molar-refractivity contribution < 1.29 is 14.3 Å². The number of urea groups is 1. The van der Waals surface area contributed by atoms with Gasteiger partial charge in [0.2, 0.25) is 5.91 Å². The van der Waals surface area contributed by atoms with Crippen LogP contribution in [0.2, 0.25) is 0 Å². The quantitative estimate of drug-likeness (QED) is 0.856. The van der Waals surface area contributed by atoms with Gasteiger partial charge < -0.3 is 15.4 Å². The Balaban J connectivity index is 1.67. The summed E-state index contributed by atoms with van der Waals surface area (Å²) in [5.41, 5.74) is 0.755. The number of nitrogens with one attached hydrogen (secondary N) is 2. The van der Waals surface area contributed by atoms with Gasteiger partial charge in [-0.2, -0.15) is 0 Å². The number of hydrogen-bond acceptors (Lipinski definition) is 3. The Morgan fingerprint density at radius 3 is 2.65 bits per heavy atom. The summed E-state index contributed by atoms with van der Waals surface area (Å²) in [5, 5.41) is 5.61. The molecule has 0 aromatic heterocycles. The number of methoxy groups -OCH3 is 1. The highest BCUT2D eigenvalue weighted by Crippen LogP contribution is 2.23. The van der Waals surface area contributed by atoms with Gasteiger partial charge in [0.15, 0.2) is 0 Å². The lowest BCUT2D eigenvalue weighted by molar-refractivity contribution is -0.122. The molecule has 1 saturated carbocycles. The SMILES string of the molecule is COc1ccc(N2CC(C(=O)NC3CC3)NC2=O)cc1. The summed E-state index contributed by atoms with van der Waals surface area (Å²) in [6.07, 6.45) is 2.07. The molecule has 1 atom stereocenters. The Morgan fingerprint density at radius 2 is 2.05 bits per heavy atom. The van der Waals surface area contributed by atoms with E-state index in [1.54, 1.807) is 36.3 Å². The summed E-state index contributed by atoms with van der Waals surface area (Å²) in [4.78, 5) is 25.5. The van der Waals surface area contributed by atoms with Gasteiger partial charge in [0.1, 0.15) is 11.8 Å². The average molecular weight is 275 g/mol. The molecule has 6 heteroatoms. The summed E-state index contributed by atoms with van der Waals surface area (Å²) in [6.45, 7) is 0.351. The Labute approximate surface area is 117 Å². The smallest absolute Gasteiger partial charge is 0.322 e. The summed E-state index contributed by atoms with van der Waals surface area (Å²) < 4.78 is 5.09. The Hall–Kier alpha value is -2.24. The highest BCUT2D eigenvalue weighted by molar-refractivity contribution is 6.00. The Bertz CT molecular complexity index is 525. The summed E-state index contributed by atoms with van der Waals surface area (Å²) >= 11 is 0. The number of anilines is 1. The lowest BCUT2D eigenvalue weighted by atomic mass is 10.2. The number of hydrogen-bond donors (Lipinski definition) is 2. The van der Waals surface area contributed by atoms with Crippen molar-refractivity contribution in [2.24, 2.45) is 0 Å². The molecule has 2 fully saturated rings. The zero-order valence-electron chi connectivity index (χ0n) is 11.3. The van der Waals surface area contributed by atoms with Crippen molar-refractivity contribution in [3.05, 3.63) is 24.3 Å². The fourth-order valence-corrected chi connectivity index (χ4v) is 2.20. The van der Waals surface area contributed by atoms with Gasteiger partial charge >= 0.3 is 6.03 Å². The third-order valence-electron chi connectivity index (χ3n) is 3.53. The van der Waals surface area contributed by atoms with Crippen molar-refractivity contribution in [1.82, 2.24) is 10.6 Å². The van der Waals surface area contributed by atoms with Crippen LogP contribution in [0.4, 0.5) is 10.5 Å². The molecule has 1 aromatic carbocycles. The summed E-state index contributed by atoms with van der Waals surface area (Å²) in [6, 6.07) is 6.77. The highest BCUT2D eigenvalue weighted by atomic mass is 16.5. The van der Waals surface area contributed by atoms with Crippen molar-refractivity contribution in [3.63, 3.8) is 0 Å². The summed E-state index contributed by atoms with van der Waals surface area (Å²) in [7, 11) is 1.59. The number of amides is 3. The zero-order valence-corrected chi connectivity index (χ0v) is 11.3. The van der Waals surface area contributed by atoms with Crippen LogP contribution in [0.5, 0.6) is 5.75 Å². The van der Waals surface area contributed by atoms with E-state index in [1.807, 2.05) is 0 Å². The average Bonchev–Trinajstić information content (AvgIpc) is 3.19. The van der Waals surface area contributed by atoms with Crippen LogP contribution in [0.15, 0.2) is 24.3 Å². The molecule has 2 N–H and O–H groups in total. The van der Waals surface area contributed by atoms with Crippen molar-refractivity contribution in [2.45, 2.75) is 24.9 Å². The first-order valence-corrected chi connectivity index (χ1v) is 6.70. The maximum Gasteiger partial charge on any atom is 0.322 e. The molecule has 1 aromatic rings. The van der Waals surface area contributed by atoms with E-state index in [9.17, 15) is 9.59 Å². The van der Waals surface area contributed by atoms with Crippen molar-refractivity contribution in [2.75, 3.05) is 18.6 Å². The minimum Gasteiger partial charge on any atom is -0.497 e. The van der Waals surface area contributed by atoms with Crippen molar-refractivity contribution in [3.8, 4) is 5.75 Å². The standard InChI is InChI=1S/C14H17N3O3/c1-20-11-6-4-10(5-7-11)17-8-12(16-14(17)19)13(18)15-9-2-3-9/h4-7,9,12H,2-3,8H2,1H3,(H,15,18)(H,16,19). The molecule has 0 bridgehead atoms. The van der Waals surface area contributed by atoms with E-state index in [4.69, 9.17) is 4.74 Å². The molecule has 20 heavy (non-hydrogen) atoms. The third-order valence-corrected chi connectivity index (χ3v) is 3.53. The molecule has 3 amide bonds. The number of carbonyl (C=O) groups is 2. The third kappa shape index (κ3) is 2.54. The lowest BCUT2D eigenvalue weighted by Gasteiger charge is -2.15. The largest absolute Gasteiger partial charge is 0.497 e. The molecule has 1 unspecified atom stereocenters. The van der Waals surface area contributed by atoms with Crippen molar-refractivity contribution in [1.29, 1.82) is 0 Å². The highest BCUT2D eigenvalue weighted by Gasteiger charge is 2.36. The van der Waals surface area contributed by atoms with E-state index in [1.165, 1.54) is 0 Å². The molecule has 1 aliphatic carbocycles. The van der Waals surface area contributed by atoms with E-state index in [0.717, 1.165) is 24.3 Å². The molecule has 3 rings (SSSR count). The Morgan fingerprint density at radius 1 is 1.35 bits per heavy atom. The zero-order chi connectivity index (χ0) is 14.1. The number of ether oxygens (including phenoxy) is 1. The molecule has 1 heterocycles. The van der Waals surface area contributed by atoms with E-state index >= 15 is 0 Å². The van der Waals surface area contributed by atoms with Gasteiger partial charge in [-0.3, -0.25) is 9.69 Å². The first-order chi connectivity index (χ1) is 9.67. The molecule has 1 saturated heterocycles. The molecule has 2 aliphatic rings. The van der Waals surface area contributed by atoms with Gasteiger partial charge in [-0.1, -0.05) is 0 Å². The molecular weight excluding hydrogens is 258 g/mol. The number of rotatable bonds is 4. The second-order valence-electron chi connectivity index (χ2n) is 5.09. The van der Waals surface area contributed by atoms with Crippen LogP contribution in [-0.2, 0) is 4.79 Å². The van der Waals surface area contributed by atoms with Gasteiger partial charge in [-0.25, -0.2) is 4.79 Å². The van der Waals surface area contributed by atoms with Crippen LogP contribution in [0.1, 0.15) is 12.8 Å². The maximum atomic E-state index is 11.9. The van der Waals surface area contributed by atoms with Crippen molar-refractivity contribution >= 4 is 17.6 Å². The van der Waals surface area contributed by atoms with E-state index in [0.29, 0.717) is 12.6 Å². The second-order valence-corrected chi connectivity index (χ2v) is 5.09. The molecule has 0 spiro atoms. The monoisotopic (exact) mass is 275 g/mol. The minimum atomic E-state index is -0.481. The minimum absolute atomic E-state index is 0.100. The van der Waals surface area contributed by atoms with Crippen LogP contribution in [0.25, 0.3) is 0 Å². The fourth-order valence-electron chi connectivity index (χ4n) is 2.20. The fraction of sp³-hybridized carbons (Fsp3) is 0.429. The number of benzene rings is 1. The molecule has 106 valence electrons. The lowest BCUT2D eigenvalue weighted by Crippen LogP contribution is -2.43. The van der Waals surface area contributed by atoms with Gasteiger partial charge in [0.05, 0.1) is 13.7 Å². The predicted octanol–water partition coefficient (Wildman–Crippen LogP) is 0.872. The summed E-state index contributed by atoms with van der Waals surface area (Å²) in [5.74, 6) is 0.633. The predicted molar refractivity (Wildman–Crippen MR) is 73.8 cm³/mol. The van der Waals surface area contributed by atoms with Gasteiger partial charge in [-0.05, 0) is 37.1 Å². The Kier molecular flexibility index (Phi) is 3.22. The van der Waals surface area contributed by atoms with E-state index in [2.05, 4.69) is 10.6 Å². The van der Waals surface area contributed by atoms with Gasteiger partial charge in [0, 0.05) is 11.7 Å². The molecular formula is C14H17N3O3. The number of carbonyl (C=O) groups excluding carboxylic acids is 2. The topological polar surface area (TPSA) is 70.7 Å². The van der Waals surface area contributed by atoms with Gasteiger partial charge in [0.25, 0.3) is 0 Å². The first kappa shape index (κ1) is 12.8. The first-order valence-electron chi connectivity index (χ1n) is 6.70. The van der Waals surface area contributed by atoms with Crippen LogP contribution >= 0.6 is 0 Å². The van der Waals surface area contributed by atoms with Crippen LogP contribution in [0, 0.1) is 0 Å². The van der Waals surface area contributed by atoms with Crippen LogP contribution < -0.4 is 20.3 Å². The van der Waals surface area contributed by atoms with Crippen LogP contribution in [0.3, 0.4) is 0 Å². The molecule has 1 aliphatic heterocycles. The molecule has 0 radical (unpaired) electrons. The molecule has 6 nitrogen and oxygen atoms in total. The van der Waals surface area contributed by atoms with E-state index in [-0.39, 0.29) is 11.9 Å². The van der Waals surface area contributed by atoms with Gasteiger partial charge in [-0.15, -0.1) is 0 Å². The van der Waals surface area contributed by atoms with E-state index < -0.39 is 6.04 Å². The second kappa shape index (κ2) is 5.03. The van der Waals surface area contributed by atoms with Crippen LogP contribution in [-0.4, -0.2) is 37.7 Å². The normalized spacial score (nSPS) is 21.6.